The van der Waals surface area contributed by atoms with Gasteiger partial charge in [-0.25, -0.2) is 0 Å². The van der Waals surface area contributed by atoms with E-state index < -0.39 is 11.9 Å². The van der Waals surface area contributed by atoms with Crippen molar-refractivity contribution in [1.29, 1.82) is 0 Å². The maximum Gasteiger partial charge on any atom is 0.433 e. The van der Waals surface area contributed by atoms with Gasteiger partial charge < -0.3 is 5.32 Å². The molecule has 0 amide bonds. The van der Waals surface area contributed by atoms with Gasteiger partial charge in [0.1, 0.15) is 5.69 Å². The average molecular weight is 287 g/mol. The van der Waals surface area contributed by atoms with Crippen LogP contribution in [0.25, 0.3) is 0 Å². The van der Waals surface area contributed by atoms with E-state index in [1.165, 1.54) is 13.2 Å². The number of halogens is 3. The summed E-state index contributed by atoms with van der Waals surface area (Å²) >= 11 is 0. The third-order valence-electron chi connectivity index (χ3n) is 2.94. The molecule has 20 heavy (non-hydrogen) atoms. The van der Waals surface area contributed by atoms with Crippen LogP contribution in [0, 0.1) is 0 Å². The molecule has 2 rings (SSSR count). The van der Waals surface area contributed by atoms with Crippen LogP contribution in [0.15, 0.2) is 18.6 Å². The lowest BCUT2D eigenvalue weighted by atomic mass is 10.2. The number of aryl methyl sites for hydroxylation is 2. The van der Waals surface area contributed by atoms with Crippen molar-refractivity contribution in [3.05, 3.63) is 35.4 Å². The standard InChI is InChI=1S/C12H16F3N5/c1-3-20-8-9(5-18-20)4-16-6-10-7-17-19(2)11(10)12(13,14)15/h5,7-8,16H,3-4,6H2,1-2H3. The fraction of sp³-hybridized carbons (Fsp3) is 0.500. The first-order valence-electron chi connectivity index (χ1n) is 6.22. The maximum absolute atomic E-state index is 12.8. The quantitative estimate of drug-likeness (QED) is 0.914. The van der Waals surface area contributed by atoms with Crippen LogP contribution in [0.2, 0.25) is 0 Å². The Morgan fingerprint density at radius 3 is 2.55 bits per heavy atom. The number of nitrogens with one attached hydrogen (secondary N) is 1. The lowest BCUT2D eigenvalue weighted by Crippen LogP contribution is -2.18. The van der Waals surface area contributed by atoms with Crippen LogP contribution < -0.4 is 5.32 Å². The summed E-state index contributed by atoms with van der Waals surface area (Å²) in [5.41, 5.74) is 0.362. The fourth-order valence-corrected chi connectivity index (χ4v) is 1.99. The minimum atomic E-state index is -4.39. The molecule has 1 N–H and O–H groups in total. The first-order chi connectivity index (χ1) is 9.41. The lowest BCUT2D eigenvalue weighted by molar-refractivity contribution is -0.144. The average Bonchev–Trinajstić information content (AvgIpc) is 2.95. The predicted octanol–water partition coefficient (Wildman–Crippen LogP) is 1.95. The second kappa shape index (κ2) is 5.66. The van der Waals surface area contributed by atoms with E-state index >= 15 is 0 Å². The Hall–Kier alpha value is -1.83. The van der Waals surface area contributed by atoms with Crippen LogP contribution in [0.1, 0.15) is 23.7 Å². The summed E-state index contributed by atoms with van der Waals surface area (Å²) < 4.78 is 41.1. The van der Waals surface area contributed by atoms with E-state index in [1.54, 1.807) is 10.9 Å². The molecule has 0 fully saturated rings. The molecule has 0 saturated heterocycles. The van der Waals surface area contributed by atoms with Crippen molar-refractivity contribution in [2.24, 2.45) is 7.05 Å². The smallest absolute Gasteiger partial charge is 0.308 e. The third kappa shape index (κ3) is 3.19. The summed E-state index contributed by atoms with van der Waals surface area (Å²) in [6.45, 7) is 3.31. The number of aromatic nitrogens is 4. The van der Waals surface area contributed by atoms with Gasteiger partial charge in [-0.1, -0.05) is 0 Å². The van der Waals surface area contributed by atoms with Crippen LogP contribution in [0.5, 0.6) is 0 Å². The zero-order valence-electron chi connectivity index (χ0n) is 11.3. The van der Waals surface area contributed by atoms with Gasteiger partial charge in [-0.15, -0.1) is 0 Å². The maximum atomic E-state index is 12.8. The monoisotopic (exact) mass is 287 g/mol. The minimum Gasteiger partial charge on any atom is -0.308 e. The van der Waals surface area contributed by atoms with Crippen molar-refractivity contribution in [3.63, 3.8) is 0 Å². The summed E-state index contributed by atoms with van der Waals surface area (Å²) in [4.78, 5) is 0. The summed E-state index contributed by atoms with van der Waals surface area (Å²) in [6, 6.07) is 0. The molecule has 0 aliphatic carbocycles. The molecular weight excluding hydrogens is 271 g/mol. The highest BCUT2D eigenvalue weighted by atomic mass is 19.4. The van der Waals surface area contributed by atoms with E-state index in [4.69, 9.17) is 0 Å². The highest BCUT2D eigenvalue weighted by Gasteiger charge is 2.36. The second-order valence-electron chi connectivity index (χ2n) is 4.45. The predicted molar refractivity (Wildman–Crippen MR) is 66.7 cm³/mol. The van der Waals surface area contributed by atoms with Crippen molar-refractivity contribution < 1.29 is 13.2 Å². The van der Waals surface area contributed by atoms with Crippen molar-refractivity contribution in [3.8, 4) is 0 Å². The third-order valence-corrected chi connectivity index (χ3v) is 2.94. The first kappa shape index (κ1) is 14.6. The Labute approximate surface area is 114 Å². The van der Waals surface area contributed by atoms with Crippen molar-refractivity contribution >= 4 is 0 Å². The van der Waals surface area contributed by atoms with Gasteiger partial charge in [-0.2, -0.15) is 23.4 Å². The van der Waals surface area contributed by atoms with E-state index in [0.29, 0.717) is 6.54 Å². The molecule has 0 spiro atoms. The summed E-state index contributed by atoms with van der Waals surface area (Å²) in [7, 11) is 1.29. The van der Waals surface area contributed by atoms with Gasteiger partial charge in [0.25, 0.3) is 0 Å². The molecule has 0 aliphatic heterocycles. The van der Waals surface area contributed by atoms with Gasteiger partial charge in [0, 0.05) is 44.0 Å². The molecule has 0 aliphatic rings. The van der Waals surface area contributed by atoms with Crippen LogP contribution in [0.3, 0.4) is 0 Å². The molecule has 0 radical (unpaired) electrons. The van der Waals surface area contributed by atoms with E-state index in [9.17, 15) is 13.2 Å². The van der Waals surface area contributed by atoms with E-state index in [-0.39, 0.29) is 12.1 Å². The van der Waals surface area contributed by atoms with Crippen LogP contribution in [0.4, 0.5) is 13.2 Å². The van der Waals surface area contributed by atoms with Crippen molar-refractivity contribution in [2.45, 2.75) is 32.7 Å². The highest BCUT2D eigenvalue weighted by Crippen LogP contribution is 2.31. The van der Waals surface area contributed by atoms with Gasteiger partial charge in [-0.05, 0) is 6.92 Å². The van der Waals surface area contributed by atoms with E-state index in [1.807, 2.05) is 13.1 Å². The Morgan fingerprint density at radius 1 is 1.20 bits per heavy atom. The Morgan fingerprint density at radius 2 is 1.95 bits per heavy atom. The Bertz CT molecular complexity index is 570. The topological polar surface area (TPSA) is 47.7 Å². The molecule has 0 atom stereocenters. The Balaban J connectivity index is 1.98. The van der Waals surface area contributed by atoms with Crippen molar-refractivity contribution in [1.82, 2.24) is 24.9 Å². The van der Waals surface area contributed by atoms with Crippen LogP contribution in [-0.2, 0) is 32.9 Å². The highest BCUT2D eigenvalue weighted by molar-refractivity contribution is 5.20. The van der Waals surface area contributed by atoms with Crippen LogP contribution in [-0.4, -0.2) is 19.6 Å². The van der Waals surface area contributed by atoms with E-state index in [2.05, 4.69) is 15.5 Å². The largest absolute Gasteiger partial charge is 0.433 e. The fourth-order valence-electron chi connectivity index (χ4n) is 1.99. The summed E-state index contributed by atoms with van der Waals surface area (Å²) in [5.74, 6) is 0. The molecule has 8 heteroatoms. The molecule has 0 aromatic carbocycles. The molecule has 2 aromatic heterocycles. The van der Waals surface area contributed by atoms with Crippen molar-refractivity contribution in [2.75, 3.05) is 0 Å². The Kier molecular flexibility index (Phi) is 4.12. The summed E-state index contributed by atoms with van der Waals surface area (Å²) in [6.07, 6.45) is 0.409. The molecule has 0 unspecified atom stereocenters. The zero-order chi connectivity index (χ0) is 14.8. The van der Waals surface area contributed by atoms with Gasteiger partial charge >= 0.3 is 6.18 Å². The molecule has 0 saturated carbocycles. The second-order valence-corrected chi connectivity index (χ2v) is 4.45. The van der Waals surface area contributed by atoms with Gasteiger partial charge in [0.2, 0.25) is 0 Å². The summed E-state index contributed by atoms with van der Waals surface area (Å²) in [5, 5.41) is 10.7. The lowest BCUT2D eigenvalue weighted by Gasteiger charge is -2.10. The number of alkyl halides is 3. The molecular formula is C12H16F3N5. The van der Waals surface area contributed by atoms with Gasteiger partial charge in [0.15, 0.2) is 0 Å². The number of hydrogen-bond acceptors (Lipinski definition) is 3. The van der Waals surface area contributed by atoms with Gasteiger partial charge in [-0.3, -0.25) is 9.36 Å². The normalized spacial score (nSPS) is 12.1. The zero-order valence-corrected chi connectivity index (χ0v) is 11.3. The van der Waals surface area contributed by atoms with E-state index in [0.717, 1.165) is 16.8 Å². The number of hydrogen-bond donors (Lipinski definition) is 1. The SMILES string of the molecule is CCn1cc(CNCc2cnn(C)c2C(F)(F)F)cn1. The number of nitrogens with zero attached hydrogens (tertiary/aromatic N) is 4. The van der Waals surface area contributed by atoms with Crippen LogP contribution >= 0.6 is 0 Å². The number of rotatable bonds is 5. The molecule has 0 bridgehead atoms. The molecule has 110 valence electrons. The first-order valence-corrected chi connectivity index (χ1v) is 6.22. The van der Waals surface area contributed by atoms with Gasteiger partial charge in [0.05, 0.1) is 12.4 Å². The molecule has 5 nitrogen and oxygen atoms in total. The minimum absolute atomic E-state index is 0.111. The molecule has 2 heterocycles. The molecule has 2 aromatic rings.